The van der Waals surface area contributed by atoms with Crippen LogP contribution in [0.3, 0.4) is 0 Å². The van der Waals surface area contributed by atoms with Crippen LogP contribution in [-0.2, 0) is 4.74 Å². The zero-order valence-corrected chi connectivity index (χ0v) is 12.8. The Morgan fingerprint density at radius 1 is 1.33 bits per heavy atom. The number of hydrogen-bond acceptors (Lipinski definition) is 3. The fourth-order valence-corrected chi connectivity index (χ4v) is 2.45. The SMILES string of the molecule is COCCN(CCO)C(=O)c1[nH]c2ccc(C)cc2c1C. The molecule has 0 aliphatic rings. The number of amides is 1. The lowest BCUT2D eigenvalue weighted by Crippen LogP contribution is -2.36. The van der Waals surface area contributed by atoms with Crippen molar-refractivity contribution in [2.75, 3.05) is 33.4 Å². The van der Waals surface area contributed by atoms with Crippen LogP contribution >= 0.6 is 0 Å². The van der Waals surface area contributed by atoms with Crippen molar-refractivity contribution in [2.45, 2.75) is 13.8 Å². The normalized spacial score (nSPS) is 11.0. The van der Waals surface area contributed by atoms with E-state index in [1.54, 1.807) is 12.0 Å². The highest BCUT2D eigenvalue weighted by Gasteiger charge is 2.20. The van der Waals surface area contributed by atoms with E-state index in [1.807, 2.05) is 26.0 Å². The number of rotatable bonds is 6. The summed E-state index contributed by atoms with van der Waals surface area (Å²) in [6.45, 7) is 5.13. The molecule has 0 spiro atoms. The Kier molecular flexibility index (Phi) is 4.98. The van der Waals surface area contributed by atoms with E-state index in [4.69, 9.17) is 9.84 Å². The van der Waals surface area contributed by atoms with Gasteiger partial charge in [-0.1, -0.05) is 11.6 Å². The maximum absolute atomic E-state index is 12.6. The number of fused-ring (bicyclic) bond motifs is 1. The van der Waals surface area contributed by atoms with Gasteiger partial charge in [0.1, 0.15) is 5.69 Å². The fourth-order valence-electron chi connectivity index (χ4n) is 2.45. The smallest absolute Gasteiger partial charge is 0.270 e. The van der Waals surface area contributed by atoms with E-state index in [2.05, 4.69) is 11.1 Å². The van der Waals surface area contributed by atoms with E-state index >= 15 is 0 Å². The number of aromatic amines is 1. The van der Waals surface area contributed by atoms with Gasteiger partial charge in [0.15, 0.2) is 0 Å². The lowest BCUT2D eigenvalue weighted by molar-refractivity contribution is 0.0651. The van der Waals surface area contributed by atoms with Crippen molar-refractivity contribution in [1.29, 1.82) is 0 Å². The number of H-pyrrole nitrogens is 1. The van der Waals surface area contributed by atoms with Gasteiger partial charge in [-0.2, -0.15) is 0 Å². The van der Waals surface area contributed by atoms with Crippen LogP contribution in [-0.4, -0.2) is 54.3 Å². The highest BCUT2D eigenvalue weighted by atomic mass is 16.5. The molecule has 2 rings (SSSR count). The Labute approximate surface area is 124 Å². The van der Waals surface area contributed by atoms with E-state index in [-0.39, 0.29) is 12.5 Å². The average Bonchev–Trinajstić information content (AvgIpc) is 2.80. The summed E-state index contributed by atoms with van der Waals surface area (Å²) in [4.78, 5) is 17.4. The second kappa shape index (κ2) is 6.74. The fraction of sp³-hybridized carbons (Fsp3) is 0.438. The van der Waals surface area contributed by atoms with E-state index in [9.17, 15) is 4.79 Å². The van der Waals surface area contributed by atoms with Gasteiger partial charge in [-0.15, -0.1) is 0 Å². The number of aliphatic hydroxyl groups excluding tert-OH is 1. The van der Waals surface area contributed by atoms with Gasteiger partial charge in [-0.25, -0.2) is 0 Å². The van der Waals surface area contributed by atoms with Gasteiger partial charge in [0.2, 0.25) is 0 Å². The standard InChI is InChI=1S/C16H22N2O3/c1-11-4-5-14-13(10-11)12(2)15(17-14)16(20)18(6-8-19)7-9-21-3/h4-5,10,17,19H,6-9H2,1-3H3. The molecule has 1 aromatic carbocycles. The number of aliphatic hydroxyl groups is 1. The molecule has 0 atom stereocenters. The molecule has 21 heavy (non-hydrogen) atoms. The second-order valence-electron chi connectivity index (χ2n) is 5.18. The first-order chi connectivity index (χ1) is 10.1. The highest BCUT2D eigenvalue weighted by Crippen LogP contribution is 2.23. The quantitative estimate of drug-likeness (QED) is 0.853. The third-order valence-corrected chi connectivity index (χ3v) is 3.65. The predicted molar refractivity (Wildman–Crippen MR) is 82.6 cm³/mol. The molecule has 0 saturated carbocycles. The molecule has 1 heterocycles. The molecule has 0 unspecified atom stereocenters. The first-order valence-electron chi connectivity index (χ1n) is 7.06. The van der Waals surface area contributed by atoms with Gasteiger partial charge in [-0.05, 0) is 31.5 Å². The summed E-state index contributed by atoms with van der Waals surface area (Å²) in [7, 11) is 1.60. The second-order valence-corrected chi connectivity index (χ2v) is 5.18. The van der Waals surface area contributed by atoms with Crippen LogP contribution in [0.4, 0.5) is 0 Å². The van der Waals surface area contributed by atoms with Crippen molar-refractivity contribution in [2.24, 2.45) is 0 Å². The lowest BCUT2D eigenvalue weighted by Gasteiger charge is -2.21. The first kappa shape index (κ1) is 15.5. The monoisotopic (exact) mass is 290 g/mol. The Morgan fingerprint density at radius 2 is 2.10 bits per heavy atom. The number of nitrogens with zero attached hydrogens (tertiary/aromatic N) is 1. The van der Waals surface area contributed by atoms with Crippen LogP contribution < -0.4 is 0 Å². The average molecular weight is 290 g/mol. The van der Waals surface area contributed by atoms with Gasteiger partial charge >= 0.3 is 0 Å². The molecular weight excluding hydrogens is 268 g/mol. The molecule has 2 N–H and O–H groups in total. The van der Waals surface area contributed by atoms with Crippen molar-refractivity contribution in [3.05, 3.63) is 35.0 Å². The minimum Gasteiger partial charge on any atom is -0.395 e. The topological polar surface area (TPSA) is 65.6 Å². The third kappa shape index (κ3) is 3.25. The summed E-state index contributed by atoms with van der Waals surface area (Å²) in [6, 6.07) is 6.08. The number of ether oxygens (including phenoxy) is 1. The van der Waals surface area contributed by atoms with E-state index < -0.39 is 0 Å². The van der Waals surface area contributed by atoms with Crippen molar-refractivity contribution in [3.8, 4) is 0 Å². The van der Waals surface area contributed by atoms with Crippen molar-refractivity contribution in [1.82, 2.24) is 9.88 Å². The molecule has 114 valence electrons. The molecule has 0 aliphatic carbocycles. The molecule has 0 radical (unpaired) electrons. The van der Waals surface area contributed by atoms with Crippen LogP contribution in [0.2, 0.25) is 0 Å². The Hall–Kier alpha value is -1.85. The minimum atomic E-state index is -0.104. The largest absolute Gasteiger partial charge is 0.395 e. The summed E-state index contributed by atoms with van der Waals surface area (Å²) in [6.07, 6.45) is 0. The van der Waals surface area contributed by atoms with Crippen LogP contribution in [0.25, 0.3) is 10.9 Å². The summed E-state index contributed by atoms with van der Waals surface area (Å²) in [5.41, 5.74) is 3.64. The predicted octanol–water partition coefficient (Wildman–Crippen LogP) is 1.87. The number of aromatic nitrogens is 1. The number of nitrogens with one attached hydrogen (secondary N) is 1. The third-order valence-electron chi connectivity index (χ3n) is 3.65. The van der Waals surface area contributed by atoms with Crippen molar-refractivity contribution < 1.29 is 14.6 Å². The number of hydrogen-bond donors (Lipinski definition) is 2. The van der Waals surface area contributed by atoms with Crippen LogP contribution in [0.5, 0.6) is 0 Å². The number of benzene rings is 1. The summed E-state index contributed by atoms with van der Waals surface area (Å²) in [5, 5.41) is 10.2. The molecule has 0 fully saturated rings. The van der Waals surface area contributed by atoms with Crippen LogP contribution in [0.1, 0.15) is 21.6 Å². The summed E-state index contributed by atoms with van der Waals surface area (Å²) in [5.74, 6) is -0.104. The molecule has 5 heteroatoms. The molecule has 1 amide bonds. The minimum absolute atomic E-state index is 0.0617. The van der Waals surface area contributed by atoms with Gasteiger partial charge in [0.25, 0.3) is 5.91 Å². The molecule has 5 nitrogen and oxygen atoms in total. The molecular formula is C16H22N2O3. The molecule has 0 bridgehead atoms. The van der Waals surface area contributed by atoms with E-state index in [0.717, 1.165) is 22.0 Å². The molecule has 0 saturated heterocycles. The van der Waals surface area contributed by atoms with Gasteiger partial charge in [0.05, 0.1) is 13.2 Å². The number of methoxy groups -OCH3 is 1. The Morgan fingerprint density at radius 3 is 2.76 bits per heavy atom. The van der Waals surface area contributed by atoms with Crippen molar-refractivity contribution in [3.63, 3.8) is 0 Å². The summed E-state index contributed by atoms with van der Waals surface area (Å²) < 4.78 is 5.02. The zero-order valence-electron chi connectivity index (χ0n) is 12.8. The Bertz CT molecular complexity index is 634. The molecule has 1 aromatic heterocycles. The van der Waals surface area contributed by atoms with Crippen molar-refractivity contribution >= 4 is 16.8 Å². The van der Waals surface area contributed by atoms with Gasteiger partial charge in [-0.3, -0.25) is 4.79 Å². The zero-order chi connectivity index (χ0) is 15.4. The molecule has 2 aromatic rings. The van der Waals surface area contributed by atoms with Gasteiger partial charge in [0, 0.05) is 31.1 Å². The summed E-state index contributed by atoms with van der Waals surface area (Å²) >= 11 is 0. The van der Waals surface area contributed by atoms with Crippen LogP contribution in [0, 0.1) is 13.8 Å². The van der Waals surface area contributed by atoms with E-state index in [0.29, 0.717) is 25.4 Å². The lowest BCUT2D eigenvalue weighted by atomic mass is 10.1. The number of carbonyl (C=O) groups excluding carboxylic acids is 1. The van der Waals surface area contributed by atoms with Gasteiger partial charge < -0.3 is 19.7 Å². The first-order valence-corrected chi connectivity index (χ1v) is 7.06. The number of aryl methyl sites for hydroxylation is 2. The maximum atomic E-state index is 12.6. The van der Waals surface area contributed by atoms with Crippen LogP contribution in [0.15, 0.2) is 18.2 Å². The van der Waals surface area contributed by atoms with E-state index in [1.165, 1.54) is 0 Å². The molecule has 0 aliphatic heterocycles. The Balaban J connectivity index is 2.34. The number of carbonyl (C=O) groups is 1. The maximum Gasteiger partial charge on any atom is 0.270 e. The highest BCUT2D eigenvalue weighted by molar-refractivity contribution is 6.01.